The Kier molecular flexibility index (Phi) is 5.67. The van der Waals surface area contributed by atoms with E-state index in [4.69, 9.17) is 0 Å². The second kappa shape index (κ2) is 7.82. The first-order valence-electron chi connectivity index (χ1n) is 9.33. The summed E-state index contributed by atoms with van der Waals surface area (Å²) in [7, 11) is -3.53. The molecule has 1 aromatic heterocycles. The number of benzene rings is 1. The molecule has 1 amide bonds. The molecule has 3 rings (SSSR count). The van der Waals surface area contributed by atoms with Crippen molar-refractivity contribution in [2.75, 3.05) is 18.4 Å². The minimum absolute atomic E-state index is 0.190. The van der Waals surface area contributed by atoms with Crippen LogP contribution in [0.4, 0.5) is 5.82 Å². The highest BCUT2D eigenvalue weighted by Gasteiger charge is 2.31. The lowest BCUT2D eigenvalue weighted by molar-refractivity contribution is 0.102. The Hall–Kier alpha value is -2.19. The lowest BCUT2D eigenvalue weighted by Gasteiger charge is -2.18. The number of amides is 1. The highest BCUT2D eigenvalue weighted by molar-refractivity contribution is 7.89. The van der Waals surface area contributed by atoms with Crippen LogP contribution < -0.4 is 5.32 Å². The number of hydrogen-bond donors (Lipinski definition) is 1. The van der Waals surface area contributed by atoms with Crippen LogP contribution in [0.3, 0.4) is 0 Å². The van der Waals surface area contributed by atoms with Crippen molar-refractivity contribution in [3.8, 4) is 0 Å². The van der Waals surface area contributed by atoms with Gasteiger partial charge in [0, 0.05) is 24.7 Å². The van der Waals surface area contributed by atoms with E-state index in [9.17, 15) is 13.2 Å². The summed E-state index contributed by atoms with van der Waals surface area (Å²) in [6, 6.07) is 8.06. The van der Waals surface area contributed by atoms with Gasteiger partial charge in [-0.05, 0) is 49.9 Å². The van der Waals surface area contributed by atoms with Crippen LogP contribution in [0.15, 0.2) is 41.4 Å². The maximum Gasteiger partial charge on any atom is 0.256 e. The smallest absolute Gasteiger partial charge is 0.256 e. The predicted octanol–water partition coefficient (Wildman–Crippen LogP) is 3.14. The van der Waals surface area contributed by atoms with E-state index in [2.05, 4.69) is 17.3 Å². The average Bonchev–Trinajstić information content (AvgIpc) is 3.41. The molecule has 1 heterocycles. The zero-order valence-corrected chi connectivity index (χ0v) is 16.7. The Bertz CT molecular complexity index is 897. The quantitative estimate of drug-likeness (QED) is 0.750. The minimum atomic E-state index is -3.53. The summed E-state index contributed by atoms with van der Waals surface area (Å²) in [5.74, 6) is 0.982. The van der Waals surface area contributed by atoms with Gasteiger partial charge in [-0.2, -0.15) is 9.40 Å². The van der Waals surface area contributed by atoms with Gasteiger partial charge in [0.25, 0.3) is 5.91 Å². The number of aromatic nitrogens is 2. The van der Waals surface area contributed by atoms with Gasteiger partial charge in [-0.25, -0.2) is 13.1 Å². The summed E-state index contributed by atoms with van der Waals surface area (Å²) >= 11 is 0. The fourth-order valence-electron chi connectivity index (χ4n) is 3.20. The summed E-state index contributed by atoms with van der Waals surface area (Å²) in [5, 5.41) is 7.20. The monoisotopic (exact) mass is 390 g/mol. The average molecular weight is 391 g/mol. The fraction of sp³-hybridized carbons (Fsp3) is 0.474. The van der Waals surface area contributed by atoms with Crippen LogP contribution >= 0.6 is 0 Å². The Morgan fingerprint density at radius 2 is 1.85 bits per heavy atom. The van der Waals surface area contributed by atoms with Crippen molar-refractivity contribution in [2.24, 2.45) is 5.92 Å². The Balaban J connectivity index is 1.74. The summed E-state index contributed by atoms with van der Waals surface area (Å²) in [6.45, 7) is 6.52. The van der Waals surface area contributed by atoms with Crippen LogP contribution in [0.25, 0.3) is 0 Å². The molecular weight excluding hydrogens is 364 g/mol. The molecule has 1 atom stereocenters. The van der Waals surface area contributed by atoms with Crippen molar-refractivity contribution < 1.29 is 13.2 Å². The molecule has 0 bridgehead atoms. The third kappa shape index (κ3) is 4.06. The van der Waals surface area contributed by atoms with Crippen LogP contribution in [-0.4, -0.2) is 41.5 Å². The number of carbonyl (C=O) groups excluding carboxylic acids is 1. The molecule has 27 heavy (non-hydrogen) atoms. The van der Waals surface area contributed by atoms with Gasteiger partial charge in [0.2, 0.25) is 10.0 Å². The van der Waals surface area contributed by atoms with E-state index in [-0.39, 0.29) is 16.8 Å². The first-order chi connectivity index (χ1) is 12.9. The lowest BCUT2D eigenvalue weighted by Crippen LogP contribution is -2.30. The van der Waals surface area contributed by atoms with E-state index in [1.807, 2.05) is 4.68 Å². The highest BCUT2D eigenvalue weighted by Crippen LogP contribution is 2.40. The molecule has 1 fully saturated rings. The molecule has 0 spiro atoms. The molecule has 146 valence electrons. The van der Waals surface area contributed by atoms with Crippen LogP contribution in [-0.2, 0) is 10.0 Å². The van der Waals surface area contributed by atoms with Gasteiger partial charge < -0.3 is 5.32 Å². The first-order valence-corrected chi connectivity index (χ1v) is 10.8. The van der Waals surface area contributed by atoms with Crippen molar-refractivity contribution in [1.82, 2.24) is 14.1 Å². The number of rotatable bonds is 8. The molecule has 2 aromatic rings. The molecule has 0 aliphatic heterocycles. The first kappa shape index (κ1) is 19.6. The van der Waals surface area contributed by atoms with Gasteiger partial charge in [0.05, 0.1) is 17.1 Å². The summed E-state index contributed by atoms with van der Waals surface area (Å²) in [5.41, 5.74) is 0.403. The van der Waals surface area contributed by atoms with Crippen LogP contribution in [0.1, 0.15) is 50.0 Å². The van der Waals surface area contributed by atoms with E-state index in [1.54, 1.807) is 26.1 Å². The highest BCUT2D eigenvalue weighted by atomic mass is 32.2. The number of nitrogens with zero attached hydrogens (tertiary/aromatic N) is 3. The molecule has 7 nitrogen and oxygen atoms in total. The fourth-order valence-corrected chi connectivity index (χ4v) is 4.65. The standard InChI is InChI=1S/C19H26N4O3S/c1-4-22(5-2)27(25,26)17-10-8-16(9-11-17)19(24)21-18-12-13-20-23(18)14(3)15-6-7-15/h8-15H,4-7H2,1-3H3,(H,21,24). The van der Waals surface area contributed by atoms with E-state index < -0.39 is 10.0 Å². The summed E-state index contributed by atoms with van der Waals surface area (Å²) in [4.78, 5) is 12.8. The lowest BCUT2D eigenvalue weighted by atomic mass is 10.2. The Labute approximate surface area is 160 Å². The van der Waals surface area contributed by atoms with Crippen LogP contribution in [0, 0.1) is 5.92 Å². The summed E-state index contributed by atoms with van der Waals surface area (Å²) in [6.07, 6.45) is 4.06. The molecule has 8 heteroatoms. The zero-order chi connectivity index (χ0) is 19.6. The van der Waals surface area contributed by atoms with E-state index in [0.29, 0.717) is 30.4 Å². The third-order valence-electron chi connectivity index (χ3n) is 5.06. The van der Waals surface area contributed by atoms with E-state index >= 15 is 0 Å². The molecule has 1 saturated carbocycles. The molecule has 1 aliphatic carbocycles. The maximum atomic E-state index is 12.6. The van der Waals surface area contributed by atoms with Crippen molar-refractivity contribution in [2.45, 2.75) is 44.6 Å². The molecular formula is C19H26N4O3S. The van der Waals surface area contributed by atoms with Gasteiger partial charge in [-0.3, -0.25) is 4.79 Å². The molecule has 1 unspecified atom stereocenters. The second-order valence-corrected chi connectivity index (χ2v) is 8.74. The largest absolute Gasteiger partial charge is 0.307 e. The molecule has 0 saturated heterocycles. The maximum absolute atomic E-state index is 12.6. The third-order valence-corrected chi connectivity index (χ3v) is 7.13. The van der Waals surface area contributed by atoms with Crippen LogP contribution in [0.5, 0.6) is 0 Å². The van der Waals surface area contributed by atoms with Crippen molar-refractivity contribution >= 4 is 21.7 Å². The Morgan fingerprint density at radius 1 is 1.22 bits per heavy atom. The molecule has 0 radical (unpaired) electrons. The van der Waals surface area contributed by atoms with Gasteiger partial charge in [-0.1, -0.05) is 13.8 Å². The zero-order valence-electron chi connectivity index (χ0n) is 15.9. The topological polar surface area (TPSA) is 84.3 Å². The Morgan fingerprint density at radius 3 is 2.41 bits per heavy atom. The normalized spacial score (nSPS) is 15.7. The van der Waals surface area contributed by atoms with Crippen molar-refractivity contribution in [3.63, 3.8) is 0 Å². The van der Waals surface area contributed by atoms with Gasteiger partial charge in [-0.15, -0.1) is 0 Å². The van der Waals surface area contributed by atoms with Gasteiger partial charge >= 0.3 is 0 Å². The number of carbonyl (C=O) groups is 1. The van der Waals surface area contributed by atoms with Gasteiger partial charge in [0.1, 0.15) is 5.82 Å². The number of anilines is 1. The van der Waals surface area contributed by atoms with E-state index in [0.717, 1.165) is 0 Å². The predicted molar refractivity (Wildman–Crippen MR) is 104 cm³/mol. The molecule has 1 N–H and O–H groups in total. The minimum Gasteiger partial charge on any atom is -0.307 e. The SMILES string of the molecule is CCN(CC)S(=O)(=O)c1ccc(C(=O)Nc2ccnn2C(C)C2CC2)cc1. The number of nitrogens with one attached hydrogen (secondary N) is 1. The number of sulfonamides is 1. The van der Waals surface area contributed by atoms with E-state index in [1.165, 1.54) is 41.4 Å². The van der Waals surface area contributed by atoms with Gasteiger partial charge in [0.15, 0.2) is 0 Å². The second-order valence-electron chi connectivity index (χ2n) is 6.81. The number of hydrogen-bond acceptors (Lipinski definition) is 4. The molecule has 1 aromatic carbocycles. The molecule has 1 aliphatic rings. The van der Waals surface area contributed by atoms with Crippen LogP contribution in [0.2, 0.25) is 0 Å². The van der Waals surface area contributed by atoms with Crippen molar-refractivity contribution in [1.29, 1.82) is 0 Å². The van der Waals surface area contributed by atoms with Crippen molar-refractivity contribution in [3.05, 3.63) is 42.1 Å². The summed E-state index contributed by atoms with van der Waals surface area (Å²) < 4.78 is 28.3.